The number of ether oxygens (including phenoxy) is 2. The number of aromatic nitrogens is 4. The van der Waals surface area contributed by atoms with Crippen LogP contribution in [0.3, 0.4) is 0 Å². The third kappa shape index (κ3) is 2.66. The topological polar surface area (TPSA) is 82.4 Å². The van der Waals surface area contributed by atoms with E-state index in [2.05, 4.69) is 19.8 Å². The first-order valence-electron chi connectivity index (χ1n) is 7.36. The molecule has 0 amide bonds. The van der Waals surface area contributed by atoms with Crippen LogP contribution in [-0.2, 0) is 11.3 Å². The molecule has 0 N–H and O–H groups in total. The van der Waals surface area contributed by atoms with Crippen molar-refractivity contribution in [2.75, 3.05) is 12.0 Å². The first-order chi connectivity index (χ1) is 12.2. The second-order valence-electron chi connectivity index (χ2n) is 5.16. The Balaban J connectivity index is 1.81. The van der Waals surface area contributed by atoms with E-state index in [-0.39, 0.29) is 6.01 Å². The van der Waals surface area contributed by atoms with Crippen molar-refractivity contribution in [3.05, 3.63) is 53.4 Å². The Labute approximate surface area is 147 Å². The molecule has 0 fully saturated rings. The van der Waals surface area contributed by atoms with Crippen molar-refractivity contribution in [2.45, 2.75) is 6.54 Å². The molecule has 2 aromatic heterocycles. The van der Waals surface area contributed by atoms with Crippen LogP contribution >= 0.6 is 11.6 Å². The maximum Gasteiger partial charge on any atom is 0.516 e. The molecule has 1 aliphatic rings. The van der Waals surface area contributed by atoms with E-state index in [0.717, 1.165) is 5.69 Å². The number of rotatable bonds is 2. The third-order valence-electron chi connectivity index (χ3n) is 3.69. The van der Waals surface area contributed by atoms with Crippen molar-refractivity contribution in [3.8, 4) is 11.7 Å². The van der Waals surface area contributed by atoms with Crippen LogP contribution in [-0.4, -0.2) is 33.0 Å². The number of hydrogen-bond acceptors (Lipinski definition) is 7. The molecule has 0 atom stereocenters. The Morgan fingerprint density at radius 1 is 1.20 bits per heavy atom. The maximum atomic E-state index is 11.3. The van der Waals surface area contributed by atoms with Gasteiger partial charge >= 0.3 is 12.2 Å². The second kappa shape index (κ2) is 6.06. The summed E-state index contributed by atoms with van der Waals surface area (Å²) in [5.41, 5.74) is 1.50. The highest BCUT2D eigenvalue weighted by molar-refractivity contribution is 6.33. The number of carbonyl (C=O) groups is 1. The minimum atomic E-state index is -0.877. The molecule has 0 saturated carbocycles. The molecule has 0 aliphatic carbocycles. The summed E-state index contributed by atoms with van der Waals surface area (Å²) >= 11 is 6.35. The van der Waals surface area contributed by atoms with Crippen molar-refractivity contribution in [2.24, 2.45) is 0 Å². The van der Waals surface area contributed by atoms with Crippen LogP contribution in [0.5, 0.6) is 6.01 Å². The quantitative estimate of drug-likeness (QED) is 0.651. The van der Waals surface area contributed by atoms with Crippen molar-refractivity contribution in [3.63, 3.8) is 0 Å². The fourth-order valence-corrected chi connectivity index (χ4v) is 2.86. The van der Waals surface area contributed by atoms with Crippen LogP contribution in [0.15, 0.2) is 42.6 Å². The summed E-state index contributed by atoms with van der Waals surface area (Å²) in [6.07, 6.45) is 0.813. The fraction of sp³-hybridized carbons (Fsp3) is 0.125. The van der Waals surface area contributed by atoms with Gasteiger partial charge < -0.3 is 14.4 Å². The molecule has 1 aliphatic heterocycles. The van der Waals surface area contributed by atoms with E-state index in [9.17, 15) is 4.79 Å². The number of pyridine rings is 1. The fourth-order valence-electron chi connectivity index (χ4n) is 2.63. The zero-order chi connectivity index (χ0) is 17.4. The lowest BCUT2D eigenvalue weighted by molar-refractivity contribution is 0.118. The minimum Gasteiger partial charge on any atom is -0.437 e. The lowest BCUT2D eigenvalue weighted by atomic mass is 10.2. The molecule has 0 unspecified atom stereocenters. The number of para-hydroxylation sites is 1. The highest BCUT2D eigenvalue weighted by atomic mass is 35.5. The first kappa shape index (κ1) is 15.4. The summed E-state index contributed by atoms with van der Waals surface area (Å²) in [5.74, 6) is 1.26. The van der Waals surface area contributed by atoms with Crippen LogP contribution in [0.4, 0.5) is 16.3 Å². The zero-order valence-electron chi connectivity index (χ0n) is 13.1. The zero-order valence-corrected chi connectivity index (χ0v) is 13.8. The normalized spacial score (nSPS) is 12.3. The molecule has 25 heavy (non-hydrogen) atoms. The van der Waals surface area contributed by atoms with E-state index in [1.54, 1.807) is 16.9 Å². The van der Waals surface area contributed by atoms with E-state index in [1.165, 1.54) is 7.11 Å². The van der Waals surface area contributed by atoms with Gasteiger partial charge in [-0.15, -0.1) is 5.10 Å². The molecule has 1 aromatic carbocycles. The van der Waals surface area contributed by atoms with Gasteiger partial charge in [0.05, 0.1) is 24.4 Å². The molecule has 0 saturated heterocycles. The number of halogens is 1. The van der Waals surface area contributed by atoms with Gasteiger partial charge in [0.25, 0.3) is 0 Å². The first-order valence-corrected chi connectivity index (χ1v) is 7.74. The van der Waals surface area contributed by atoms with Gasteiger partial charge in [0, 0.05) is 6.20 Å². The predicted molar refractivity (Wildman–Crippen MR) is 89.5 cm³/mol. The third-order valence-corrected chi connectivity index (χ3v) is 4.01. The predicted octanol–water partition coefficient (Wildman–Crippen LogP) is 3.11. The van der Waals surface area contributed by atoms with Gasteiger partial charge in [0.15, 0.2) is 11.6 Å². The van der Waals surface area contributed by atoms with E-state index in [0.29, 0.717) is 28.9 Å². The Kier molecular flexibility index (Phi) is 3.73. The maximum absolute atomic E-state index is 11.3. The number of nitrogens with zero attached hydrogens (tertiary/aromatic N) is 5. The lowest BCUT2D eigenvalue weighted by Crippen LogP contribution is -2.27. The summed E-state index contributed by atoms with van der Waals surface area (Å²) in [4.78, 5) is 21.9. The molecule has 9 heteroatoms. The number of methoxy groups -OCH3 is 1. The second-order valence-corrected chi connectivity index (χ2v) is 5.57. The minimum absolute atomic E-state index is 0.0855. The van der Waals surface area contributed by atoms with Gasteiger partial charge in [0.2, 0.25) is 0 Å². The van der Waals surface area contributed by atoms with Crippen LogP contribution in [0.25, 0.3) is 5.69 Å². The number of anilines is 2. The van der Waals surface area contributed by atoms with Gasteiger partial charge in [-0.2, -0.15) is 4.98 Å². The summed E-state index contributed by atoms with van der Waals surface area (Å²) in [6, 6.07) is 11.0. The van der Waals surface area contributed by atoms with Crippen molar-refractivity contribution in [1.29, 1.82) is 0 Å². The summed E-state index contributed by atoms with van der Waals surface area (Å²) < 4.78 is 11.0. The largest absolute Gasteiger partial charge is 0.516 e. The molecule has 4 rings (SSSR count). The number of benzene rings is 1. The Morgan fingerprint density at radius 3 is 2.80 bits per heavy atom. The molecular formula is C16H12ClN5O3. The van der Waals surface area contributed by atoms with E-state index in [4.69, 9.17) is 16.3 Å². The smallest absolute Gasteiger partial charge is 0.437 e. The number of hydrogen-bond donors (Lipinski definition) is 0. The highest BCUT2D eigenvalue weighted by Gasteiger charge is 2.29. The van der Waals surface area contributed by atoms with Crippen molar-refractivity contribution in [1.82, 2.24) is 19.7 Å². The highest BCUT2D eigenvalue weighted by Crippen LogP contribution is 2.38. The molecule has 0 bridgehead atoms. The van der Waals surface area contributed by atoms with E-state index < -0.39 is 6.16 Å². The molecule has 3 heterocycles. The van der Waals surface area contributed by atoms with E-state index in [1.807, 2.05) is 35.2 Å². The standard InChI is InChI=1S/C16H12ClN5O3/c1-24-16(23)25-15-19-13-9-21(11-6-3-2-5-10(11)17)14-12(22(13)20-15)7-4-8-18-14/h2-8H,9H2,1H3. The van der Waals surface area contributed by atoms with Gasteiger partial charge in [-0.25, -0.2) is 14.5 Å². The van der Waals surface area contributed by atoms with E-state index >= 15 is 0 Å². The van der Waals surface area contributed by atoms with Crippen molar-refractivity contribution >= 4 is 29.3 Å². The van der Waals surface area contributed by atoms with Gasteiger partial charge in [-0.05, 0) is 24.3 Å². The molecule has 8 nitrogen and oxygen atoms in total. The Hall–Kier alpha value is -3.13. The van der Waals surface area contributed by atoms with Gasteiger partial charge in [0.1, 0.15) is 5.69 Å². The van der Waals surface area contributed by atoms with Gasteiger partial charge in [-0.1, -0.05) is 23.7 Å². The summed E-state index contributed by atoms with van der Waals surface area (Å²) in [6.45, 7) is 0.366. The average Bonchev–Trinajstić information content (AvgIpc) is 3.04. The number of fused-ring (bicyclic) bond motifs is 3. The monoisotopic (exact) mass is 357 g/mol. The van der Waals surface area contributed by atoms with Crippen LogP contribution in [0.1, 0.15) is 5.82 Å². The summed E-state index contributed by atoms with van der Waals surface area (Å²) in [5, 5.41) is 4.81. The molecule has 126 valence electrons. The average molecular weight is 358 g/mol. The van der Waals surface area contributed by atoms with Gasteiger partial charge in [-0.3, -0.25) is 0 Å². The van der Waals surface area contributed by atoms with Crippen LogP contribution < -0.4 is 9.64 Å². The Bertz CT molecular complexity index is 958. The van der Waals surface area contributed by atoms with Crippen molar-refractivity contribution < 1.29 is 14.3 Å². The SMILES string of the molecule is COC(=O)Oc1nc2n(n1)-c1cccnc1N(c1ccccc1Cl)C2. The molecule has 0 radical (unpaired) electrons. The van der Waals surface area contributed by atoms with Crippen LogP contribution in [0.2, 0.25) is 5.02 Å². The molecule has 0 spiro atoms. The lowest BCUT2D eigenvalue weighted by Gasteiger charge is -2.29. The number of carbonyl (C=O) groups excluding carboxylic acids is 1. The Morgan fingerprint density at radius 2 is 2.00 bits per heavy atom. The van der Waals surface area contributed by atoms with Crippen LogP contribution in [0, 0.1) is 0 Å². The molecule has 3 aromatic rings. The summed E-state index contributed by atoms with van der Waals surface area (Å²) in [7, 11) is 1.22. The molecular weight excluding hydrogens is 346 g/mol.